The molecule has 0 aromatic carbocycles. The van der Waals surface area contributed by atoms with Crippen LogP contribution in [0.5, 0.6) is 0 Å². The van der Waals surface area contributed by atoms with Crippen molar-refractivity contribution in [3.63, 3.8) is 0 Å². The Morgan fingerprint density at radius 2 is 1.59 bits per heavy atom. The van der Waals surface area contributed by atoms with Crippen LogP contribution in [0.3, 0.4) is 0 Å². The van der Waals surface area contributed by atoms with Gasteiger partial charge in [0.25, 0.3) is 0 Å². The lowest BCUT2D eigenvalue weighted by Gasteiger charge is -2.58. The van der Waals surface area contributed by atoms with Crippen LogP contribution in [0.15, 0.2) is 0 Å². The van der Waals surface area contributed by atoms with E-state index in [0.717, 1.165) is 0 Å². The maximum Gasteiger partial charge on any atom is 0.314 e. The fraction of sp³-hybridized carbons (Fsp3) is 0.938. The van der Waals surface area contributed by atoms with E-state index in [4.69, 9.17) is 9.47 Å². The third kappa shape index (κ3) is 2.66. The predicted octanol–water partition coefficient (Wildman–Crippen LogP) is 2.60. The SMILES string of the molecule is CCC1(CC)CC2(CC(C)(C)N1[O])OCC(C)(C(=O)O)CO2. The second-order valence-electron chi connectivity index (χ2n) is 7.75. The fourth-order valence-electron chi connectivity index (χ4n) is 3.79. The highest BCUT2D eigenvalue weighted by molar-refractivity contribution is 5.74. The lowest BCUT2D eigenvalue weighted by molar-refractivity contribution is -0.389. The van der Waals surface area contributed by atoms with Gasteiger partial charge in [0.05, 0.1) is 18.8 Å². The van der Waals surface area contributed by atoms with Crippen LogP contribution in [0, 0.1) is 5.41 Å². The summed E-state index contributed by atoms with van der Waals surface area (Å²) in [4.78, 5) is 11.3. The Morgan fingerprint density at radius 3 is 2.00 bits per heavy atom. The van der Waals surface area contributed by atoms with Crippen molar-refractivity contribution in [1.82, 2.24) is 5.06 Å². The van der Waals surface area contributed by atoms with E-state index in [0.29, 0.717) is 25.7 Å². The lowest BCUT2D eigenvalue weighted by atomic mass is 9.72. The quantitative estimate of drug-likeness (QED) is 0.866. The Bertz CT molecular complexity index is 436. The van der Waals surface area contributed by atoms with Crippen LogP contribution < -0.4 is 0 Å². The van der Waals surface area contributed by atoms with Crippen LogP contribution in [0.4, 0.5) is 0 Å². The molecule has 0 aromatic heterocycles. The molecule has 0 saturated carbocycles. The van der Waals surface area contributed by atoms with Gasteiger partial charge in [-0.25, -0.2) is 0 Å². The summed E-state index contributed by atoms with van der Waals surface area (Å²) in [6.07, 6.45) is 2.35. The number of hydrogen-bond acceptors (Lipinski definition) is 4. The number of nitrogens with zero attached hydrogens (tertiary/aromatic N) is 1. The van der Waals surface area contributed by atoms with E-state index < -0.39 is 28.2 Å². The Balaban J connectivity index is 2.28. The van der Waals surface area contributed by atoms with Gasteiger partial charge < -0.3 is 14.6 Å². The largest absolute Gasteiger partial charge is 0.481 e. The molecule has 2 saturated heterocycles. The number of aliphatic carboxylic acids is 1. The fourth-order valence-corrected chi connectivity index (χ4v) is 3.79. The van der Waals surface area contributed by atoms with E-state index in [1.54, 1.807) is 6.92 Å². The maximum atomic E-state index is 12.8. The molecule has 0 unspecified atom stereocenters. The van der Waals surface area contributed by atoms with Gasteiger partial charge >= 0.3 is 5.97 Å². The molecule has 0 aliphatic carbocycles. The minimum atomic E-state index is -1.02. The van der Waals surface area contributed by atoms with E-state index in [-0.39, 0.29) is 13.2 Å². The number of carboxylic acid groups (broad SMARTS) is 1. The van der Waals surface area contributed by atoms with Crippen LogP contribution in [0.1, 0.15) is 60.3 Å². The first kappa shape index (κ1) is 17.7. The summed E-state index contributed by atoms with van der Waals surface area (Å²) in [6.45, 7) is 9.67. The van der Waals surface area contributed by atoms with Gasteiger partial charge in [-0.2, -0.15) is 0 Å². The topological polar surface area (TPSA) is 78.9 Å². The van der Waals surface area contributed by atoms with Crippen molar-refractivity contribution in [2.45, 2.75) is 77.2 Å². The molecule has 1 N–H and O–H groups in total. The van der Waals surface area contributed by atoms with Gasteiger partial charge in [0.15, 0.2) is 5.79 Å². The van der Waals surface area contributed by atoms with Crippen molar-refractivity contribution in [2.75, 3.05) is 13.2 Å². The molecule has 2 heterocycles. The van der Waals surface area contributed by atoms with Gasteiger partial charge in [-0.1, -0.05) is 13.8 Å². The standard InChI is InChI=1S/C16H28NO5/c1-6-15(7-2)9-16(8-13(3,4)17(15)20)21-10-14(5,11-22-16)12(18)19/h6-11H2,1-5H3,(H,18,19). The van der Waals surface area contributed by atoms with Gasteiger partial charge in [-0.3, -0.25) is 4.79 Å². The molecular formula is C16H28NO5. The number of carboxylic acids is 1. The highest BCUT2D eigenvalue weighted by Gasteiger charge is 2.59. The summed E-state index contributed by atoms with van der Waals surface area (Å²) < 4.78 is 11.9. The van der Waals surface area contributed by atoms with E-state index >= 15 is 0 Å². The highest BCUT2D eigenvalue weighted by atomic mass is 16.7. The molecule has 2 aliphatic rings. The molecule has 6 nitrogen and oxygen atoms in total. The first-order chi connectivity index (χ1) is 10.0. The second-order valence-corrected chi connectivity index (χ2v) is 7.75. The monoisotopic (exact) mass is 314 g/mol. The van der Waals surface area contributed by atoms with E-state index in [1.165, 1.54) is 5.06 Å². The molecule has 0 aromatic rings. The van der Waals surface area contributed by atoms with Gasteiger partial charge in [0, 0.05) is 18.4 Å². The zero-order chi connectivity index (χ0) is 16.8. The van der Waals surface area contributed by atoms with Crippen molar-refractivity contribution in [2.24, 2.45) is 5.41 Å². The molecule has 6 heteroatoms. The third-order valence-corrected chi connectivity index (χ3v) is 5.42. The van der Waals surface area contributed by atoms with Crippen LogP contribution in [-0.4, -0.2) is 46.2 Å². The average Bonchev–Trinajstić information content (AvgIpc) is 2.46. The Hall–Kier alpha value is -0.690. The maximum absolute atomic E-state index is 12.8. The van der Waals surface area contributed by atoms with Crippen molar-refractivity contribution >= 4 is 5.97 Å². The Labute approximate surface area is 132 Å². The normalized spacial score (nSPS) is 38.1. The summed E-state index contributed by atoms with van der Waals surface area (Å²) in [6, 6.07) is 0. The van der Waals surface area contributed by atoms with Crippen molar-refractivity contribution in [3.8, 4) is 0 Å². The van der Waals surface area contributed by atoms with Crippen molar-refractivity contribution in [3.05, 3.63) is 0 Å². The van der Waals surface area contributed by atoms with Gasteiger partial charge in [-0.15, -0.1) is 10.3 Å². The molecule has 1 spiro atoms. The third-order valence-electron chi connectivity index (χ3n) is 5.42. The molecule has 0 atom stereocenters. The molecule has 1 radical (unpaired) electrons. The van der Waals surface area contributed by atoms with Crippen molar-refractivity contribution < 1.29 is 24.6 Å². The number of hydrogen-bond donors (Lipinski definition) is 1. The smallest absolute Gasteiger partial charge is 0.314 e. The zero-order valence-electron chi connectivity index (χ0n) is 14.3. The molecule has 2 rings (SSSR count). The lowest BCUT2D eigenvalue weighted by Crippen LogP contribution is -2.68. The predicted molar refractivity (Wildman–Crippen MR) is 79.5 cm³/mol. The number of piperidine rings is 1. The first-order valence-electron chi connectivity index (χ1n) is 8.04. The molecule has 127 valence electrons. The minimum absolute atomic E-state index is 0.112. The molecular weight excluding hydrogens is 286 g/mol. The van der Waals surface area contributed by atoms with Crippen LogP contribution in [0.25, 0.3) is 0 Å². The van der Waals surface area contributed by atoms with Crippen LogP contribution in [0.2, 0.25) is 0 Å². The number of hydroxylamine groups is 2. The minimum Gasteiger partial charge on any atom is -0.481 e. The van der Waals surface area contributed by atoms with Gasteiger partial charge in [0.2, 0.25) is 0 Å². The van der Waals surface area contributed by atoms with E-state index in [2.05, 4.69) is 0 Å². The number of rotatable bonds is 3. The number of carbonyl (C=O) groups is 1. The zero-order valence-corrected chi connectivity index (χ0v) is 14.3. The van der Waals surface area contributed by atoms with Crippen molar-refractivity contribution in [1.29, 1.82) is 0 Å². The molecule has 2 fully saturated rings. The second kappa shape index (κ2) is 5.44. The van der Waals surface area contributed by atoms with Gasteiger partial charge in [0.1, 0.15) is 5.41 Å². The Kier molecular flexibility index (Phi) is 4.37. The Morgan fingerprint density at radius 1 is 1.09 bits per heavy atom. The molecule has 0 amide bonds. The van der Waals surface area contributed by atoms with Crippen LogP contribution in [-0.2, 0) is 19.5 Å². The van der Waals surface area contributed by atoms with Crippen LogP contribution >= 0.6 is 0 Å². The highest BCUT2D eigenvalue weighted by Crippen LogP contribution is 2.50. The summed E-state index contributed by atoms with van der Waals surface area (Å²) >= 11 is 0. The molecule has 2 aliphatic heterocycles. The summed E-state index contributed by atoms with van der Waals surface area (Å²) in [5, 5.41) is 23.3. The van der Waals surface area contributed by atoms with Gasteiger partial charge in [-0.05, 0) is 33.6 Å². The van der Waals surface area contributed by atoms with E-state index in [9.17, 15) is 15.1 Å². The molecule has 0 bridgehead atoms. The molecule has 22 heavy (non-hydrogen) atoms. The number of ether oxygens (including phenoxy) is 2. The van der Waals surface area contributed by atoms with E-state index in [1.807, 2.05) is 27.7 Å². The first-order valence-corrected chi connectivity index (χ1v) is 8.04. The summed E-state index contributed by atoms with van der Waals surface area (Å²) in [5.74, 6) is -1.77. The summed E-state index contributed by atoms with van der Waals surface area (Å²) in [7, 11) is 0. The summed E-state index contributed by atoms with van der Waals surface area (Å²) in [5.41, 5.74) is -2.16. The average molecular weight is 314 g/mol.